The van der Waals surface area contributed by atoms with Gasteiger partial charge in [-0.25, -0.2) is 13.9 Å². The van der Waals surface area contributed by atoms with E-state index in [0.717, 1.165) is 30.9 Å². The lowest BCUT2D eigenvalue weighted by molar-refractivity contribution is -0.714. The largest absolute Gasteiger partial charge is 0.478 e. The second kappa shape index (κ2) is 12.1. The van der Waals surface area contributed by atoms with Gasteiger partial charge in [-0.2, -0.15) is 0 Å². The molecule has 144 valence electrons. The molecule has 25 heavy (non-hydrogen) atoms. The Kier molecular flexibility index (Phi) is 10.5. The van der Waals surface area contributed by atoms with E-state index in [2.05, 4.69) is 25.3 Å². The molecule has 0 aliphatic carbocycles. The fourth-order valence-electron chi connectivity index (χ4n) is 3.61. The van der Waals surface area contributed by atoms with Gasteiger partial charge >= 0.3 is 5.97 Å². The molecule has 1 rings (SSSR count). The third-order valence-corrected chi connectivity index (χ3v) is 5.21. The minimum absolute atomic E-state index is 0.496. The van der Waals surface area contributed by atoms with Gasteiger partial charge in [-0.05, 0) is 20.3 Å². The van der Waals surface area contributed by atoms with E-state index in [1.807, 2.05) is 10.8 Å². The fourth-order valence-corrected chi connectivity index (χ4v) is 3.61. The highest BCUT2D eigenvalue weighted by Gasteiger charge is 2.27. The summed E-state index contributed by atoms with van der Waals surface area (Å²) in [4.78, 5) is 11.4. The molecule has 0 bridgehead atoms. The first-order valence-corrected chi connectivity index (χ1v) is 10.4. The number of aromatic nitrogens is 2. The maximum absolute atomic E-state index is 11.4. The van der Waals surface area contributed by atoms with Crippen LogP contribution in [0.3, 0.4) is 0 Å². The minimum atomic E-state index is -0.762. The Bertz CT molecular complexity index is 508. The van der Waals surface area contributed by atoms with Gasteiger partial charge in [-0.1, -0.05) is 64.7 Å². The molecule has 0 fully saturated rings. The lowest BCUT2D eigenvalue weighted by atomic mass is 10.1. The molecule has 1 aromatic rings. The van der Waals surface area contributed by atoms with Crippen LogP contribution in [0.1, 0.15) is 103 Å². The van der Waals surface area contributed by atoms with Gasteiger partial charge in [0.1, 0.15) is 11.9 Å². The van der Waals surface area contributed by atoms with Gasteiger partial charge in [0, 0.05) is 13.3 Å². The van der Waals surface area contributed by atoms with E-state index in [0.29, 0.717) is 0 Å². The van der Waals surface area contributed by atoms with Crippen molar-refractivity contribution >= 4 is 5.97 Å². The van der Waals surface area contributed by atoms with Crippen molar-refractivity contribution in [3.05, 3.63) is 17.7 Å². The number of rotatable bonds is 14. The quantitative estimate of drug-likeness (QED) is 0.369. The van der Waals surface area contributed by atoms with Crippen LogP contribution in [0, 0.1) is 6.92 Å². The monoisotopic (exact) mass is 351 g/mol. The van der Waals surface area contributed by atoms with Crippen molar-refractivity contribution in [3.63, 3.8) is 0 Å². The molecule has 0 aliphatic rings. The zero-order valence-electron chi connectivity index (χ0n) is 16.9. The molecule has 1 atom stereocenters. The number of nitrogens with zero attached hydrogens (tertiary/aromatic N) is 2. The van der Waals surface area contributed by atoms with E-state index in [1.165, 1.54) is 57.8 Å². The second-order valence-corrected chi connectivity index (χ2v) is 7.28. The smallest absolute Gasteiger partial charge is 0.349 e. The zero-order chi connectivity index (χ0) is 18.7. The zero-order valence-corrected chi connectivity index (χ0v) is 16.9. The Morgan fingerprint density at radius 3 is 2.04 bits per heavy atom. The number of carboxylic acids is 1. The highest BCUT2D eigenvalue weighted by Crippen LogP contribution is 2.14. The molecule has 1 aromatic heterocycles. The maximum Gasteiger partial charge on any atom is 0.349 e. The summed E-state index contributed by atoms with van der Waals surface area (Å²) in [5.41, 5.74) is 1.15. The van der Waals surface area contributed by atoms with E-state index in [-0.39, 0.29) is 0 Å². The summed E-state index contributed by atoms with van der Waals surface area (Å²) >= 11 is 0. The van der Waals surface area contributed by atoms with E-state index < -0.39 is 12.0 Å². The molecule has 0 aliphatic heterocycles. The molecule has 1 heterocycles. The standard InChI is InChI=1S/C21H38N2O2/c1-5-7-8-9-10-11-12-13-14-15-16-20-22(6-2)18(3)17-23(20)19(4)21(24)25/h17,19H,5-16H2,1-4H3/p+1. The van der Waals surface area contributed by atoms with Crippen LogP contribution in [0.15, 0.2) is 6.20 Å². The Hall–Kier alpha value is -1.32. The van der Waals surface area contributed by atoms with Crippen LogP contribution >= 0.6 is 0 Å². The summed E-state index contributed by atoms with van der Waals surface area (Å²) in [6.07, 6.45) is 16.2. The lowest BCUT2D eigenvalue weighted by Crippen LogP contribution is -2.44. The first kappa shape index (κ1) is 21.7. The van der Waals surface area contributed by atoms with Gasteiger partial charge in [-0.15, -0.1) is 0 Å². The Balaban J connectivity index is 2.38. The number of carbonyl (C=O) groups is 1. The number of carboxylic acid groups (broad SMARTS) is 1. The normalized spacial score (nSPS) is 12.5. The topological polar surface area (TPSA) is 46.1 Å². The third kappa shape index (κ3) is 7.21. The van der Waals surface area contributed by atoms with E-state index in [4.69, 9.17) is 0 Å². The molecular weight excluding hydrogens is 312 g/mol. The average Bonchev–Trinajstić information content (AvgIpc) is 2.91. The first-order chi connectivity index (χ1) is 12.0. The van der Waals surface area contributed by atoms with Crippen LogP contribution in [0.4, 0.5) is 0 Å². The molecule has 4 nitrogen and oxygen atoms in total. The van der Waals surface area contributed by atoms with Gasteiger partial charge in [0.25, 0.3) is 5.82 Å². The van der Waals surface area contributed by atoms with Crippen LogP contribution in [0.5, 0.6) is 0 Å². The molecule has 0 saturated carbocycles. The second-order valence-electron chi connectivity index (χ2n) is 7.28. The molecule has 4 heteroatoms. The summed E-state index contributed by atoms with van der Waals surface area (Å²) in [5.74, 6) is 0.400. The van der Waals surface area contributed by atoms with Gasteiger partial charge in [0.15, 0.2) is 6.04 Å². The van der Waals surface area contributed by atoms with Gasteiger partial charge in [0.05, 0.1) is 6.54 Å². The highest BCUT2D eigenvalue weighted by molar-refractivity contribution is 5.69. The number of hydrogen-bond donors (Lipinski definition) is 1. The number of aliphatic carboxylic acids is 1. The van der Waals surface area contributed by atoms with E-state index >= 15 is 0 Å². The summed E-state index contributed by atoms with van der Waals surface area (Å²) < 4.78 is 4.21. The molecule has 0 spiro atoms. The van der Waals surface area contributed by atoms with Crippen LogP contribution in [-0.4, -0.2) is 15.6 Å². The molecular formula is C21H39N2O2+. The highest BCUT2D eigenvalue weighted by atomic mass is 16.4. The third-order valence-electron chi connectivity index (χ3n) is 5.21. The summed E-state index contributed by atoms with van der Waals surface area (Å²) in [6.45, 7) is 9.13. The summed E-state index contributed by atoms with van der Waals surface area (Å²) in [5, 5.41) is 9.35. The van der Waals surface area contributed by atoms with Crippen LogP contribution in [0.25, 0.3) is 0 Å². The maximum atomic E-state index is 11.4. The predicted molar refractivity (Wildman–Crippen MR) is 103 cm³/mol. The van der Waals surface area contributed by atoms with Crippen molar-refractivity contribution in [2.75, 3.05) is 0 Å². The first-order valence-electron chi connectivity index (χ1n) is 10.4. The van der Waals surface area contributed by atoms with Gasteiger partial charge in [0.2, 0.25) is 0 Å². The van der Waals surface area contributed by atoms with Crippen molar-refractivity contribution in [1.82, 2.24) is 4.57 Å². The Morgan fingerprint density at radius 1 is 1.04 bits per heavy atom. The number of unbranched alkanes of at least 4 members (excludes halogenated alkanes) is 9. The van der Waals surface area contributed by atoms with Gasteiger partial charge in [-0.3, -0.25) is 0 Å². The van der Waals surface area contributed by atoms with Crippen molar-refractivity contribution in [2.45, 2.75) is 111 Å². The van der Waals surface area contributed by atoms with Crippen molar-refractivity contribution < 1.29 is 14.5 Å². The predicted octanol–water partition coefficient (Wildman–Crippen LogP) is 5.21. The Labute approximate surface area is 154 Å². The minimum Gasteiger partial charge on any atom is -0.478 e. The Morgan fingerprint density at radius 2 is 1.56 bits per heavy atom. The molecule has 0 radical (unpaired) electrons. The summed E-state index contributed by atoms with van der Waals surface area (Å²) in [7, 11) is 0. The SMILES string of the molecule is CCCCCCCCCCCCc1n(CC)c(C)c[n+]1C(C)C(=O)O. The number of hydrogen-bond acceptors (Lipinski definition) is 1. The van der Waals surface area contributed by atoms with Crippen LogP contribution in [0.2, 0.25) is 0 Å². The van der Waals surface area contributed by atoms with E-state index in [9.17, 15) is 9.90 Å². The number of aryl methyl sites for hydroxylation is 1. The fraction of sp³-hybridized carbons (Fsp3) is 0.810. The van der Waals surface area contributed by atoms with Crippen LogP contribution < -0.4 is 4.57 Å². The molecule has 0 saturated heterocycles. The van der Waals surface area contributed by atoms with Crippen molar-refractivity contribution in [2.24, 2.45) is 0 Å². The number of imidazole rings is 1. The molecule has 1 N–H and O–H groups in total. The molecule has 0 aromatic carbocycles. The average molecular weight is 352 g/mol. The van der Waals surface area contributed by atoms with Crippen LogP contribution in [-0.2, 0) is 17.8 Å². The molecule has 1 unspecified atom stereocenters. The summed E-state index contributed by atoms with van der Waals surface area (Å²) in [6, 6.07) is -0.496. The van der Waals surface area contributed by atoms with Gasteiger partial charge < -0.3 is 5.11 Å². The lowest BCUT2D eigenvalue weighted by Gasteiger charge is -2.08. The van der Waals surface area contributed by atoms with Crippen molar-refractivity contribution in [3.8, 4) is 0 Å². The molecule has 0 amide bonds. The van der Waals surface area contributed by atoms with E-state index in [1.54, 1.807) is 6.92 Å². The van der Waals surface area contributed by atoms with Crippen molar-refractivity contribution in [1.29, 1.82) is 0 Å².